The predicted molar refractivity (Wildman–Crippen MR) is 90.7 cm³/mol. The zero-order valence-corrected chi connectivity index (χ0v) is 14.1. The highest BCUT2D eigenvalue weighted by Crippen LogP contribution is 2.20. The molecule has 114 valence electrons. The highest BCUT2D eigenvalue weighted by atomic mass is 35.5. The molecule has 2 heteroatoms. The first-order valence-electron chi connectivity index (χ1n) is 8.15. The van der Waals surface area contributed by atoms with Crippen molar-refractivity contribution in [3.05, 3.63) is 34.3 Å². The molecular weight excluding hydrogens is 266 g/mol. The third-order valence-electron chi connectivity index (χ3n) is 3.76. The van der Waals surface area contributed by atoms with Gasteiger partial charge in [0.1, 0.15) is 0 Å². The van der Waals surface area contributed by atoms with Crippen molar-refractivity contribution in [2.45, 2.75) is 71.8 Å². The van der Waals surface area contributed by atoms with Gasteiger partial charge in [-0.25, -0.2) is 0 Å². The van der Waals surface area contributed by atoms with Crippen molar-refractivity contribution in [3.63, 3.8) is 0 Å². The molecule has 0 aliphatic carbocycles. The molecule has 0 heterocycles. The minimum Gasteiger partial charge on any atom is -0.314 e. The zero-order valence-electron chi connectivity index (χ0n) is 13.3. The van der Waals surface area contributed by atoms with Gasteiger partial charge in [0.05, 0.1) is 0 Å². The average Bonchev–Trinajstić information content (AvgIpc) is 2.43. The van der Waals surface area contributed by atoms with E-state index in [1.54, 1.807) is 0 Å². The molecule has 0 radical (unpaired) electrons. The Labute approximate surface area is 130 Å². The number of unbranched alkanes of at least 4 members (excludes halogenated alkanes) is 3. The van der Waals surface area contributed by atoms with Gasteiger partial charge in [0.2, 0.25) is 0 Å². The molecule has 0 saturated heterocycles. The second-order valence-corrected chi connectivity index (χ2v) is 6.21. The molecule has 1 atom stereocenters. The molecule has 1 rings (SSSR count). The van der Waals surface area contributed by atoms with Crippen molar-refractivity contribution in [2.24, 2.45) is 0 Å². The summed E-state index contributed by atoms with van der Waals surface area (Å²) in [5.41, 5.74) is 2.51. The molecular formula is C18H30ClN. The van der Waals surface area contributed by atoms with Gasteiger partial charge >= 0.3 is 0 Å². The summed E-state index contributed by atoms with van der Waals surface area (Å²) < 4.78 is 0. The predicted octanol–water partition coefficient (Wildman–Crippen LogP) is 5.53. The van der Waals surface area contributed by atoms with E-state index in [9.17, 15) is 0 Å². The van der Waals surface area contributed by atoms with Crippen LogP contribution in [0.25, 0.3) is 0 Å². The van der Waals surface area contributed by atoms with Crippen LogP contribution in [0.5, 0.6) is 0 Å². The molecule has 0 fully saturated rings. The minimum absolute atomic E-state index is 0.562. The summed E-state index contributed by atoms with van der Waals surface area (Å²) in [7, 11) is 0. The lowest BCUT2D eigenvalue weighted by molar-refractivity contribution is 0.453. The molecule has 1 unspecified atom stereocenters. The summed E-state index contributed by atoms with van der Waals surface area (Å²) >= 11 is 6.36. The molecule has 0 amide bonds. The van der Waals surface area contributed by atoms with Gasteiger partial charge in [0.25, 0.3) is 0 Å². The Morgan fingerprint density at radius 1 is 1.10 bits per heavy atom. The van der Waals surface area contributed by atoms with Crippen molar-refractivity contribution < 1.29 is 0 Å². The summed E-state index contributed by atoms with van der Waals surface area (Å²) in [5.74, 6) is 0. The fourth-order valence-corrected chi connectivity index (χ4v) is 2.84. The standard InChI is InChI=1S/C18H30ClN/c1-4-6-7-8-9-17(20-12-5-2)14-16-11-10-15(3)13-18(16)19/h10-11,13,17,20H,4-9,12,14H2,1-3H3. The van der Waals surface area contributed by atoms with E-state index in [0.717, 1.165) is 18.0 Å². The number of nitrogens with one attached hydrogen (secondary N) is 1. The van der Waals surface area contributed by atoms with Crippen LogP contribution in [0.1, 0.15) is 63.5 Å². The van der Waals surface area contributed by atoms with Crippen LogP contribution in [0.3, 0.4) is 0 Å². The van der Waals surface area contributed by atoms with Gasteiger partial charge in [0.15, 0.2) is 0 Å². The van der Waals surface area contributed by atoms with Gasteiger partial charge in [-0.1, -0.05) is 63.3 Å². The van der Waals surface area contributed by atoms with Crippen molar-refractivity contribution >= 4 is 11.6 Å². The van der Waals surface area contributed by atoms with Crippen LogP contribution in [0.4, 0.5) is 0 Å². The number of hydrogen-bond donors (Lipinski definition) is 1. The highest BCUT2D eigenvalue weighted by molar-refractivity contribution is 6.31. The highest BCUT2D eigenvalue weighted by Gasteiger charge is 2.11. The Morgan fingerprint density at radius 3 is 2.55 bits per heavy atom. The maximum Gasteiger partial charge on any atom is 0.0441 e. The van der Waals surface area contributed by atoms with E-state index in [2.05, 4.69) is 44.3 Å². The van der Waals surface area contributed by atoms with Gasteiger partial charge in [-0.3, -0.25) is 0 Å². The number of halogens is 1. The fourth-order valence-electron chi connectivity index (χ4n) is 2.53. The number of rotatable bonds is 10. The largest absolute Gasteiger partial charge is 0.314 e. The van der Waals surface area contributed by atoms with Gasteiger partial charge in [0, 0.05) is 11.1 Å². The van der Waals surface area contributed by atoms with Crippen molar-refractivity contribution in [1.29, 1.82) is 0 Å². The first-order valence-corrected chi connectivity index (χ1v) is 8.53. The summed E-state index contributed by atoms with van der Waals surface area (Å²) in [5, 5.41) is 4.60. The van der Waals surface area contributed by atoms with Crippen molar-refractivity contribution in [3.8, 4) is 0 Å². The molecule has 1 aromatic rings. The van der Waals surface area contributed by atoms with E-state index in [1.165, 1.54) is 49.7 Å². The fraction of sp³-hybridized carbons (Fsp3) is 0.667. The molecule has 0 aliphatic heterocycles. The topological polar surface area (TPSA) is 12.0 Å². The smallest absolute Gasteiger partial charge is 0.0441 e. The Balaban J connectivity index is 2.53. The molecule has 1 N–H and O–H groups in total. The van der Waals surface area contributed by atoms with Crippen LogP contribution in [-0.2, 0) is 6.42 Å². The van der Waals surface area contributed by atoms with Crippen molar-refractivity contribution in [1.82, 2.24) is 5.32 Å². The number of aryl methyl sites for hydroxylation is 1. The van der Waals surface area contributed by atoms with Crippen molar-refractivity contribution in [2.75, 3.05) is 6.54 Å². The van der Waals surface area contributed by atoms with E-state index in [4.69, 9.17) is 11.6 Å². The van der Waals surface area contributed by atoms with Gasteiger partial charge in [-0.15, -0.1) is 0 Å². The number of hydrogen-bond acceptors (Lipinski definition) is 1. The monoisotopic (exact) mass is 295 g/mol. The third-order valence-corrected chi connectivity index (χ3v) is 4.12. The van der Waals surface area contributed by atoms with E-state index in [1.807, 2.05) is 0 Å². The Bertz CT molecular complexity index is 376. The molecule has 1 aromatic carbocycles. The maximum absolute atomic E-state index is 6.36. The third kappa shape index (κ3) is 6.76. The lowest BCUT2D eigenvalue weighted by Crippen LogP contribution is -2.31. The second kappa shape index (κ2) is 10.2. The molecule has 0 bridgehead atoms. The van der Waals surface area contributed by atoms with E-state index in [-0.39, 0.29) is 0 Å². The SMILES string of the molecule is CCCCCCC(Cc1ccc(C)cc1Cl)NCCC. The lowest BCUT2D eigenvalue weighted by atomic mass is 9.99. The molecule has 0 spiro atoms. The molecule has 1 nitrogen and oxygen atoms in total. The van der Waals surface area contributed by atoms with E-state index < -0.39 is 0 Å². The summed E-state index contributed by atoms with van der Waals surface area (Å²) in [6.45, 7) is 7.67. The van der Waals surface area contributed by atoms with Crippen LogP contribution < -0.4 is 5.32 Å². The second-order valence-electron chi connectivity index (χ2n) is 5.80. The van der Waals surface area contributed by atoms with Crippen LogP contribution in [0, 0.1) is 6.92 Å². The number of benzene rings is 1. The Kier molecular flexibility index (Phi) is 8.97. The maximum atomic E-state index is 6.36. The first kappa shape index (κ1) is 17.5. The quantitative estimate of drug-likeness (QED) is 0.560. The zero-order chi connectivity index (χ0) is 14.8. The van der Waals surface area contributed by atoms with Gasteiger partial charge in [-0.2, -0.15) is 0 Å². The van der Waals surface area contributed by atoms with Crippen LogP contribution in [-0.4, -0.2) is 12.6 Å². The Morgan fingerprint density at radius 2 is 1.90 bits per heavy atom. The van der Waals surface area contributed by atoms with Crippen LogP contribution in [0.15, 0.2) is 18.2 Å². The first-order chi connectivity index (χ1) is 9.67. The van der Waals surface area contributed by atoms with E-state index in [0.29, 0.717) is 6.04 Å². The lowest BCUT2D eigenvalue weighted by Gasteiger charge is -2.19. The van der Waals surface area contributed by atoms with E-state index >= 15 is 0 Å². The normalized spacial score (nSPS) is 12.6. The summed E-state index contributed by atoms with van der Waals surface area (Å²) in [6.07, 6.45) is 8.81. The molecule has 0 saturated carbocycles. The summed E-state index contributed by atoms with van der Waals surface area (Å²) in [4.78, 5) is 0. The van der Waals surface area contributed by atoms with Crippen LogP contribution >= 0.6 is 11.6 Å². The van der Waals surface area contributed by atoms with Gasteiger partial charge < -0.3 is 5.32 Å². The summed E-state index contributed by atoms with van der Waals surface area (Å²) in [6, 6.07) is 6.98. The Hall–Kier alpha value is -0.530. The minimum atomic E-state index is 0.562. The molecule has 0 aliphatic rings. The molecule has 20 heavy (non-hydrogen) atoms. The molecule has 0 aromatic heterocycles. The van der Waals surface area contributed by atoms with Crippen LogP contribution in [0.2, 0.25) is 5.02 Å². The van der Waals surface area contributed by atoms with Gasteiger partial charge in [-0.05, 0) is 49.9 Å². The average molecular weight is 296 g/mol.